The van der Waals surface area contributed by atoms with Gasteiger partial charge in [0, 0.05) is 48.1 Å². The van der Waals surface area contributed by atoms with Crippen molar-refractivity contribution in [2.45, 2.75) is 32.9 Å². The maximum atomic E-state index is 13.1. The maximum absolute atomic E-state index is 13.1. The summed E-state index contributed by atoms with van der Waals surface area (Å²) in [6, 6.07) is 8.26. The molecule has 4 rings (SSSR count). The third-order valence-electron chi connectivity index (χ3n) is 6.17. The van der Waals surface area contributed by atoms with E-state index in [4.69, 9.17) is 4.74 Å². The Morgan fingerprint density at radius 3 is 2.40 bits per heavy atom. The van der Waals surface area contributed by atoms with Crippen LogP contribution in [0.25, 0.3) is 5.69 Å². The van der Waals surface area contributed by atoms with Gasteiger partial charge in [-0.3, -0.25) is 9.59 Å². The summed E-state index contributed by atoms with van der Waals surface area (Å²) in [7, 11) is 0. The van der Waals surface area contributed by atoms with Gasteiger partial charge in [-0.15, -0.1) is 0 Å². The molecule has 3 aromatic rings. The number of ketones is 1. The number of Topliss-reactive ketones (excluding diaryl/α,β-unsaturated/α-hetero) is 1. The number of piperidine rings is 1. The van der Waals surface area contributed by atoms with Crippen LogP contribution in [0.4, 0.5) is 19.1 Å². The van der Waals surface area contributed by atoms with Gasteiger partial charge in [-0.05, 0) is 57.0 Å². The van der Waals surface area contributed by atoms with Crippen LogP contribution >= 0.6 is 0 Å². The van der Waals surface area contributed by atoms with E-state index in [2.05, 4.69) is 9.97 Å². The van der Waals surface area contributed by atoms with Crippen LogP contribution in [0.1, 0.15) is 40.2 Å². The molecule has 184 valence electrons. The Labute approximate surface area is 200 Å². The molecule has 0 radical (unpaired) electrons. The molecule has 0 unspecified atom stereocenters. The van der Waals surface area contributed by atoms with Crippen molar-refractivity contribution in [1.29, 1.82) is 0 Å². The van der Waals surface area contributed by atoms with Crippen molar-refractivity contribution in [2.24, 2.45) is 5.92 Å². The topological polar surface area (TPSA) is 77.3 Å². The first-order chi connectivity index (χ1) is 16.6. The molecule has 0 atom stereocenters. The fourth-order valence-electron chi connectivity index (χ4n) is 4.37. The van der Waals surface area contributed by atoms with Crippen LogP contribution < -0.4 is 4.90 Å². The summed E-state index contributed by atoms with van der Waals surface area (Å²) in [5, 5.41) is 0. The van der Waals surface area contributed by atoms with Gasteiger partial charge in [0.15, 0.2) is 6.61 Å². The largest absolute Gasteiger partial charge is 0.457 e. The molecular formula is C25H25F3N4O3. The number of hydrogen-bond acceptors (Lipinski definition) is 6. The molecule has 1 aliphatic heterocycles. The van der Waals surface area contributed by atoms with Crippen LogP contribution in [0, 0.1) is 19.8 Å². The highest BCUT2D eigenvalue weighted by molar-refractivity contribution is 5.99. The van der Waals surface area contributed by atoms with E-state index in [1.165, 1.54) is 6.07 Å². The van der Waals surface area contributed by atoms with Crippen molar-refractivity contribution in [1.82, 2.24) is 14.5 Å². The molecule has 0 spiro atoms. The summed E-state index contributed by atoms with van der Waals surface area (Å²) in [5.74, 6) is -0.538. The lowest BCUT2D eigenvalue weighted by molar-refractivity contribution is -0.148. The second-order valence-electron chi connectivity index (χ2n) is 8.51. The van der Waals surface area contributed by atoms with E-state index in [0.29, 0.717) is 54.5 Å². The molecule has 35 heavy (non-hydrogen) atoms. The normalized spacial score (nSPS) is 14.7. The van der Waals surface area contributed by atoms with Crippen molar-refractivity contribution in [3.05, 3.63) is 71.3 Å². The van der Waals surface area contributed by atoms with Gasteiger partial charge in [-0.25, -0.2) is 9.97 Å². The predicted octanol–water partition coefficient (Wildman–Crippen LogP) is 4.55. The first kappa shape index (κ1) is 24.4. The molecule has 7 nitrogen and oxygen atoms in total. The highest BCUT2D eigenvalue weighted by atomic mass is 19.4. The lowest BCUT2D eigenvalue weighted by Gasteiger charge is -2.30. The number of aryl methyl sites for hydroxylation is 1. The summed E-state index contributed by atoms with van der Waals surface area (Å²) in [4.78, 5) is 35.8. The molecule has 1 aromatic carbocycles. The third-order valence-corrected chi connectivity index (χ3v) is 6.17. The van der Waals surface area contributed by atoms with Crippen molar-refractivity contribution in [3.63, 3.8) is 0 Å². The number of carbonyl (C=O) groups excluding carboxylic acids is 2. The highest BCUT2D eigenvalue weighted by Gasteiger charge is 2.31. The molecule has 1 saturated heterocycles. The number of benzene rings is 1. The van der Waals surface area contributed by atoms with Crippen LogP contribution in [0.3, 0.4) is 0 Å². The average Bonchev–Trinajstić information content (AvgIpc) is 3.16. The van der Waals surface area contributed by atoms with Crippen LogP contribution in [0.5, 0.6) is 0 Å². The number of alkyl halides is 3. The molecular weight excluding hydrogens is 461 g/mol. The zero-order chi connectivity index (χ0) is 25.2. The van der Waals surface area contributed by atoms with E-state index >= 15 is 0 Å². The second-order valence-corrected chi connectivity index (χ2v) is 8.51. The number of rotatable bonds is 6. The zero-order valence-electron chi connectivity index (χ0n) is 19.4. The molecule has 0 aliphatic carbocycles. The Morgan fingerprint density at radius 2 is 1.74 bits per heavy atom. The molecule has 0 bridgehead atoms. The Bertz CT molecular complexity index is 1220. The number of carbonyl (C=O) groups is 2. The van der Waals surface area contributed by atoms with Gasteiger partial charge in [0.05, 0.1) is 11.5 Å². The number of anilines is 1. The van der Waals surface area contributed by atoms with Crippen LogP contribution in [0.2, 0.25) is 0 Å². The van der Waals surface area contributed by atoms with E-state index in [1.807, 2.05) is 4.90 Å². The number of halogens is 3. The third kappa shape index (κ3) is 5.36. The second kappa shape index (κ2) is 9.89. The number of esters is 1. The average molecular weight is 486 g/mol. The smallest absolute Gasteiger partial charge is 0.416 e. The van der Waals surface area contributed by atoms with Crippen LogP contribution in [-0.2, 0) is 15.7 Å². The monoisotopic (exact) mass is 486 g/mol. The van der Waals surface area contributed by atoms with E-state index < -0.39 is 30.1 Å². The summed E-state index contributed by atoms with van der Waals surface area (Å²) in [5.41, 5.74) is 0.934. The summed E-state index contributed by atoms with van der Waals surface area (Å²) in [6.45, 7) is 4.16. The van der Waals surface area contributed by atoms with Crippen molar-refractivity contribution < 1.29 is 27.5 Å². The van der Waals surface area contributed by atoms with Crippen molar-refractivity contribution >= 4 is 17.7 Å². The standard InChI is InChI=1S/C25H25F3N4O3/c1-16-13-21(17(2)32(16)20-6-3-5-19(14-20)25(26,27)28)22(33)15-35-23(34)18-7-11-31(12-8-18)24-29-9-4-10-30-24/h3-6,9-10,13-14,18H,7-8,11-12,15H2,1-2H3. The molecule has 1 fully saturated rings. The Balaban J connectivity index is 1.38. The number of hydrogen-bond donors (Lipinski definition) is 0. The summed E-state index contributed by atoms with van der Waals surface area (Å²) in [6.07, 6.45) is -0.0105. The molecule has 0 N–H and O–H groups in total. The first-order valence-electron chi connectivity index (χ1n) is 11.2. The molecule has 3 heterocycles. The molecule has 0 saturated carbocycles. The number of aromatic nitrogens is 3. The minimum absolute atomic E-state index is 0.306. The maximum Gasteiger partial charge on any atom is 0.416 e. The Hall–Kier alpha value is -3.69. The molecule has 10 heteroatoms. The van der Waals surface area contributed by atoms with Gasteiger partial charge in [-0.1, -0.05) is 6.07 Å². The molecule has 0 amide bonds. The quantitative estimate of drug-likeness (QED) is 0.376. The lowest BCUT2D eigenvalue weighted by Crippen LogP contribution is -2.38. The van der Waals surface area contributed by atoms with E-state index in [1.54, 1.807) is 49.0 Å². The number of ether oxygens (including phenoxy) is 1. The van der Waals surface area contributed by atoms with Crippen molar-refractivity contribution in [2.75, 3.05) is 24.6 Å². The van der Waals surface area contributed by atoms with Gasteiger partial charge in [0.2, 0.25) is 11.7 Å². The fourth-order valence-corrected chi connectivity index (χ4v) is 4.37. The SMILES string of the molecule is Cc1cc(C(=O)COC(=O)C2CCN(c3ncccn3)CC2)c(C)n1-c1cccc(C(F)(F)F)c1. The van der Waals surface area contributed by atoms with Gasteiger partial charge in [-0.2, -0.15) is 13.2 Å². The van der Waals surface area contributed by atoms with Crippen LogP contribution in [0.15, 0.2) is 48.8 Å². The minimum atomic E-state index is -4.47. The lowest BCUT2D eigenvalue weighted by atomic mass is 9.97. The minimum Gasteiger partial charge on any atom is -0.457 e. The predicted molar refractivity (Wildman–Crippen MR) is 123 cm³/mol. The highest BCUT2D eigenvalue weighted by Crippen LogP contribution is 2.31. The first-order valence-corrected chi connectivity index (χ1v) is 11.2. The Kier molecular flexibility index (Phi) is 6.90. The van der Waals surface area contributed by atoms with E-state index in [-0.39, 0.29) is 5.92 Å². The van der Waals surface area contributed by atoms with Crippen LogP contribution in [-0.4, -0.2) is 46.0 Å². The summed E-state index contributed by atoms with van der Waals surface area (Å²) >= 11 is 0. The van der Waals surface area contributed by atoms with Gasteiger partial charge in [0.1, 0.15) is 0 Å². The van der Waals surface area contributed by atoms with Crippen molar-refractivity contribution in [3.8, 4) is 5.69 Å². The number of nitrogens with zero attached hydrogens (tertiary/aromatic N) is 4. The zero-order valence-corrected chi connectivity index (χ0v) is 19.4. The molecule has 1 aliphatic rings. The van der Waals surface area contributed by atoms with Gasteiger partial charge >= 0.3 is 12.1 Å². The van der Waals surface area contributed by atoms with Gasteiger partial charge < -0.3 is 14.2 Å². The molecule has 2 aromatic heterocycles. The Morgan fingerprint density at radius 1 is 1.06 bits per heavy atom. The van der Waals surface area contributed by atoms with E-state index in [0.717, 1.165) is 12.1 Å². The van der Waals surface area contributed by atoms with Gasteiger partial charge in [0.25, 0.3) is 0 Å². The van der Waals surface area contributed by atoms with E-state index in [9.17, 15) is 22.8 Å². The fraction of sp³-hybridized carbons (Fsp3) is 0.360. The summed E-state index contributed by atoms with van der Waals surface area (Å²) < 4.78 is 46.3.